The maximum atomic E-state index is 12.9. The van der Waals surface area contributed by atoms with Gasteiger partial charge in [-0.2, -0.15) is 0 Å². The van der Waals surface area contributed by atoms with Crippen molar-refractivity contribution in [1.29, 1.82) is 0 Å². The smallest absolute Gasteiger partial charge is 0.126 e. The van der Waals surface area contributed by atoms with Crippen molar-refractivity contribution in [1.82, 2.24) is 4.98 Å². The first-order valence-electron chi connectivity index (χ1n) is 5.53. The Morgan fingerprint density at radius 3 is 2.44 bits per heavy atom. The molecular weight excluding hydrogens is 236 g/mol. The number of pyridine rings is 1. The van der Waals surface area contributed by atoms with Crippen LogP contribution in [-0.2, 0) is 6.42 Å². The van der Waals surface area contributed by atoms with Crippen LogP contribution >= 0.6 is 0 Å². The Labute approximate surface area is 104 Å². The van der Waals surface area contributed by atoms with Crippen LogP contribution in [0.15, 0.2) is 36.7 Å². The van der Waals surface area contributed by atoms with Gasteiger partial charge in [-0.25, -0.2) is 8.78 Å². The number of nitrogens with one attached hydrogen (secondary N) is 1. The lowest BCUT2D eigenvalue weighted by Crippen LogP contribution is -2.06. The Morgan fingerprint density at radius 2 is 1.78 bits per heavy atom. The standard InChI is InChI=1S/C13H13F2N3/c14-10-3-9(4-11(15)5-10)1-2-18-13-6-12(16)7-17-8-13/h3-8,18H,1-2,16H2. The normalized spacial score (nSPS) is 10.3. The van der Waals surface area contributed by atoms with Gasteiger partial charge in [0, 0.05) is 18.8 Å². The Kier molecular flexibility index (Phi) is 3.72. The van der Waals surface area contributed by atoms with Crippen LogP contribution < -0.4 is 11.1 Å². The van der Waals surface area contributed by atoms with Crippen LogP contribution in [0.4, 0.5) is 20.2 Å². The molecule has 2 aromatic rings. The van der Waals surface area contributed by atoms with Crippen molar-refractivity contribution in [3.8, 4) is 0 Å². The zero-order valence-electron chi connectivity index (χ0n) is 9.66. The predicted octanol–water partition coefficient (Wildman–Crippen LogP) is 2.60. The van der Waals surface area contributed by atoms with Gasteiger partial charge < -0.3 is 11.1 Å². The molecule has 0 aliphatic carbocycles. The molecule has 0 fully saturated rings. The maximum absolute atomic E-state index is 12.9. The van der Waals surface area contributed by atoms with Crippen LogP contribution in [-0.4, -0.2) is 11.5 Å². The fraction of sp³-hybridized carbons (Fsp3) is 0.154. The summed E-state index contributed by atoms with van der Waals surface area (Å²) in [7, 11) is 0. The first kappa shape index (κ1) is 12.3. The Hall–Kier alpha value is -2.17. The predicted molar refractivity (Wildman–Crippen MR) is 67.2 cm³/mol. The Morgan fingerprint density at radius 1 is 1.06 bits per heavy atom. The van der Waals surface area contributed by atoms with Gasteiger partial charge in [-0.1, -0.05) is 0 Å². The summed E-state index contributed by atoms with van der Waals surface area (Å²) in [6.07, 6.45) is 3.71. The summed E-state index contributed by atoms with van der Waals surface area (Å²) in [6.45, 7) is 0.550. The maximum Gasteiger partial charge on any atom is 0.126 e. The van der Waals surface area contributed by atoms with Crippen molar-refractivity contribution in [3.63, 3.8) is 0 Å². The largest absolute Gasteiger partial charge is 0.397 e. The minimum atomic E-state index is -0.560. The fourth-order valence-electron chi connectivity index (χ4n) is 1.66. The average Bonchev–Trinajstić information content (AvgIpc) is 2.27. The molecule has 0 aliphatic rings. The Balaban J connectivity index is 1.92. The van der Waals surface area contributed by atoms with E-state index in [1.54, 1.807) is 18.5 Å². The quantitative estimate of drug-likeness (QED) is 0.875. The molecule has 0 atom stereocenters. The zero-order chi connectivity index (χ0) is 13.0. The van der Waals surface area contributed by atoms with E-state index in [0.717, 1.165) is 11.8 Å². The van der Waals surface area contributed by atoms with Crippen LogP contribution in [0.2, 0.25) is 0 Å². The molecule has 94 valence electrons. The van der Waals surface area contributed by atoms with E-state index in [0.29, 0.717) is 24.2 Å². The molecular formula is C13H13F2N3. The second-order valence-electron chi connectivity index (χ2n) is 3.96. The SMILES string of the molecule is Nc1cncc(NCCc2cc(F)cc(F)c2)c1. The minimum Gasteiger partial charge on any atom is -0.397 e. The number of halogens is 2. The van der Waals surface area contributed by atoms with E-state index in [4.69, 9.17) is 5.73 Å². The Bertz CT molecular complexity index is 523. The van der Waals surface area contributed by atoms with Gasteiger partial charge in [0.15, 0.2) is 0 Å². The molecule has 0 spiro atoms. The highest BCUT2D eigenvalue weighted by Crippen LogP contribution is 2.11. The molecule has 18 heavy (non-hydrogen) atoms. The van der Waals surface area contributed by atoms with E-state index in [9.17, 15) is 8.78 Å². The first-order valence-corrected chi connectivity index (χ1v) is 5.53. The van der Waals surface area contributed by atoms with Crippen molar-refractivity contribution in [2.45, 2.75) is 6.42 Å². The van der Waals surface area contributed by atoms with E-state index in [-0.39, 0.29) is 0 Å². The van der Waals surface area contributed by atoms with Gasteiger partial charge in [0.25, 0.3) is 0 Å². The zero-order valence-corrected chi connectivity index (χ0v) is 9.66. The third-order valence-electron chi connectivity index (χ3n) is 2.42. The minimum absolute atomic E-state index is 0.517. The topological polar surface area (TPSA) is 50.9 Å². The molecule has 0 aliphatic heterocycles. The second-order valence-corrected chi connectivity index (χ2v) is 3.96. The highest BCUT2D eigenvalue weighted by atomic mass is 19.1. The van der Waals surface area contributed by atoms with Gasteiger partial charge in [0.1, 0.15) is 11.6 Å². The lowest BCUT2D eigenvalue weighted by molar-refractivity contribution is 0.580. The average molecular weight is 249 g/mol. The molecule has 2 rings (SSSR count). The second kappa shape index (κ2) is 5.44. The highest BCUT2D eigenvalue weighted by molar-refractivity contribution is 5.51. The first-order chi connectivity index (χ1) is 8.63. The molecule has 3 nitrogen and oxygen atoms in total. The molecule has 0 saturated carbocycles. The summed E-state index contributed by atoms with van der Waals surface area (Å²) in [6, 6.07) is 5.25. The van der Waals surface area contributed by atoms with Crippen molar-refractivity contribution in [2.75, 3.05) is 17.6 Å². The van der Waals surface area contributed by atoms with Gasteiger partial charge in [0.05, 0.1) is 17.6 Å². The molecule has 0 bridgehead atoms. The van der Waals surface area contributed by atoms with Gasteiger partial charge in [-0.3, -0.25) is 4.98 Å². The third-order valence-corrected chi connectivity index (χ3v) is 2.42. The number of nitrogens with two attached hydrogens (primary N) is 1. The molecule has 1 heterocycles. The van der Waals surface area contributed by atoms with Gasteiger partial charge >= 0.3 is 0 Å². The van der Waals surface area contributed by atoms with E-state index >= 15 is 0 Å². The molecule has 0 radical (unpaired) electrons. The number of nitrogen functional groups attached to an aromatic ring is 1. The lowest BCUT2D eigenvalue weighted by Gasteiger charge is -2.07. The third kappa shape index (κ3) is 3.41. The van der Waals surface area contributed by atoms with E-state index in [1.807, 2.05) is 0 Å². The number of rotatable bonds is 4. The fourth-order valence-corrected chi connectivity index (χ4v) is 1.66. The van der Waals surface area contributed by atoms with Crippen molar-refractivity contribution in [3.05, 3.63) is 53.9 Å². The number of aromatic nitrogens is 1. The van der Waals surface area contributed by atoms with Crippen LogP contribution in [0.1, 0.15) is 5.56 Å². The summed E-state index contributed by atoms with van der Waals surface area (Å²) >= 11 is 0. The number of benzene rings is 1. The van der Waals surface area contributed by atoms with E-state index in [1.165, 1.54) is 12.1 Å². The molecule has 5 heteroatoms. The highest BCUT2D eigenvalue weighted by Gasteiger charge is 2.00. The van der Waals surface area contributed by atoms with Crippen molar-refractivity contribution >= 4 is 11.4 Å². The summed E-state index contributed by atoms with van der Waals surface area (Å²) in [5.41, 5.74) is 7.54. The molecule has 1 aromatic carbocycles. The van der Waals surface area contributed by atoms with Crippen molar-refractivity contribution in [2.24, 2.45) is 0 Å². The monoisotopic (exact) mass is 249 g/mol. The van der Waals surface area contributed by atoms with E-state index < -0.39 is 11.6 Å². The van der Waals surface area contributed by atoms with Gasteiger partial charge in [-0.15, -0.1) is 0 Å². The van der Waals surface area contributed by atoms with E-state index in [2.05, 4.69) is 10.3 Å². The van der Waals surface area contributed by atoms with Crippen LogP contribution in [0, 0.1) is 11.6 Å². The summed E-state index contributed by atoms with van der Waals surface area (Å²) in [5, 5.41) is 3.09. The molecule has 1 aromatic heterocycles. The molecule has 0 amide bonds. The lowest BCUT2D eigenvalue weighted by atomic mass is 10.1. The van der Waals surface area contributed by atoms with Crippen molar-refractivity contribution < 1.29 is 8.78 Å². The number of hydrogen-bond donors (Lipinski definition) is 2. The number of anilines is 2. The molecule has 0 unspecified atom stereocenters. The number of hydrogen-bond acceptors (Lipinski definition) is 3. The summed E-state index contributed by atoms with van der Waals surface area (Å²) in [5.74, 6) is -1.12. The molecule has 3 N–H and O–H groups in total. The van der Waals surface area contributed by atoms with Gasteiger partial charge in [0.2, 0.25) is 0 Å². The van der Waals surface area contributed by atoms with Crippen LogP contribution in [0.5, 0.6) is 0 Å². The van der Waals surface area contributed by atoms with Crippen LogP contribution in [0.3, 0.4) is 0 Å². The molecule has 0 saturated heterocycles. The van der Waals surface area contributed by atoms with Crippen LogP contribution in [0.25, 0.3) is 0 Å². The summed E-state index contributed by atoms with van der Waals surface area (Å²) in [4.78, 5) is 3.93. The number of nitrogens with zero attached hydrogens (tertiary/aromatic N) is 1. The summed E-state index contributed by atoms with van der Waals surface area (Å²) < 4.78 is 25.9. The van der Waals surface area contributed by atoms with Gasteiger partial charge in [-0.05, 0) is 30.2 Å².